The molecule has 7 nitrogen and oxygen atoms in total. The normalized spacial score (nSPS) is 15.8. The van der Waals surface area contributed by atoms with Crippen molar-refractivity contribution in [2.24, 2.45) is 5.92 Å². The van der Waals surface area contributed by atoms with Crippen LogP contribution in [0.1, 0.15) is 40.8 Å². The van der Waals surface area contributed by atoms with Crippen LogP contribution in [-0.4, -0.2) is 39.8 Å². The number of aromatic nitrogens is 2. The van der Waals surface area contributed by atoms with Gasteiger partial charge in [0.25, 0.3) is 5.91 Å². The molecule has 4 rings (SSSR count). The molecule has 2 N–H and O–H groups in total. The monoisotopic (exact) mass is 392 g/mol. The highest BCUT2D eigenvalue weighted by Crippen LogP contribution is 2.22. The number of aromatic amines is 1. The minimum atomic E-state index is -0.155. The van der Waals surface area contributed by atoms with E-state index in [-0.39, 0.29) is 23.8 Å². The third-order valence-electron chi connectivity index (χ3n) is 5.36. The predicted molar refractivity (Wildman–Crippen MR) is 107 cm³/mol. The first-order valence-electron chi connectivity index (χ1n) is 9.87. The molecule has 29 heavy (non-hydrogen) atoms. The topological polar surface area (TPSA) is 91.2 Å². The summed E-state index contributed by atoms with van der Waals surface area (Å²) in [4.78, 5) is 34.5. The highest BCUT2D eigenvalue weighted by molar-refractivity contribution is 5.91. The highest BCUT2D eigenvalue weighted by Gasteiger charge is 2.30. The Morgan fingerprint density at radius 3 is 2.62 bits per heavy atom. The number of piperidine rings is 1. The Morgan fingerprint density at radius 2 is 1.97 bits per heavy atom. The van der Waals surface area contributed by atoms with Crippen molar-refractivity contribution >= 4 is 11.8 Å². The molecule has 1 aliphatic heterocycles. The second kappa shape index (κ2) is 8.77. The van der Waals surface area contributed by atoms with Gasteiger partial charge in [0.05, 0.1) is 12.3 Å². The van der Waals surface area contributed by atoms with Gasteiger partial charge in [0, 0.05) is 37.8 Å². The van der Waals surface area contributed by atoms with Gasteiger partial charge in [0.15, 0.2) is 5.76 Å². The van der Waals surface area contributed by atoms with Crippen LogP contribution in [0.2, 0.25) is 0 Å². The number of H-pyrrole nitrogens is 1. The van der Waals surface area contributed by atoms with Crippen LogP contribution < -0.4 is 5.32 Å². The average Bonchev–Trinajstić information content (AvgIpc) is 3.48. The summed E-state index contributed by atoms with van der Waals surface area (Å²) < 4.78 is 5.19. The molecule has 0 aliphatic carbocycles. The second-order valence-corrected chi connectivity index (χ2v) is 7.26. The quantitative estimate of drug-likeness (QED) is 0.675. The van der Waals surface area contributed by atoms with Crippen molar-refractivity contribution in [1.29, 1.82) is 0 Å². The van der Waals surface area contributed by atoms with Crippen LogP contribution in [-0.2, 0) is 11.2 Å². The van der Waals surface area contributed by atoms with E-state index in [1.165, 1.54) is 6.26 Å². The molecule has 2 amide bonds. The molecule has 1 fully saturated rings. The Balaban J connectivity index is 1.37. The van der Waals surface area contributed by atoms with Crippen molar-refractivity contribution in [2.75, 3.05) is 13.1 Å². The highest BCUT2D eigenvalue weighted by atomic mass is 16.3. The Morgan fingerprint density at radius 1 is 1.17 bits per heavy atom. The van der Waals surface area contributed by atoms with Gasteiger partial charge in [-0.25, -0.2) is 4.98 Å². The summed E-state index contributed by atoms with van der Waals surface area (Å²) in [6.07, 6.45) is 6.87. The van der Waals surface area contributed by atoms with E-state index in [0.717, 1.165) is 11.4 Å². The molecule has 3 aromatic rings. The molecule has 1 aromatic carbocycles. The van der Waals surface area contributed by atoms with E-state index in [9.17, 15) is 9.59 Å². The fourth-order valence-corrected chi connectivity index (χ4v) is 3.73. The molecule has 3 heterocycles. The molecular formula is C22H24N4O3. The minimum absolute atomic E-state index is 0.0236. The number of likely N-dealkylation sites (tertiary alicyclic amines) is 1. The van der Waals surface area contributed by atoms with Crippen molar-refractivity contribution in [3.63, 3.8) is 0 Å². The number of imidazole rings is 1. The van der Waals surface area contributed by atoms with Gasteiger partial charge in [-0.3, -0.25) is 9.59 Å². The summed E-state index contributed by atoms with van der Waals surface area (Å²) in [5.74, 6) is 0.969. The summed E-state index contributed by atoms with van der Waals surface area (Å²) in [6, 6.07) is 13.1. The zero-order valence-corrected chi connectivity index (χ0v) is 16.1. The number of rotatable bonds is 6. The van der Waals surface area contributed by atoms with Crippen LogP contribution in [0.15, 0.2) is 65.5 Å². The number of furan rings is 1. The molecule has 2 aromatic heterocycles. The lowest BCUT2D eigenvalue weighted by molar-refractivity contribution is -0.127. The van der Waals surface area contributed by atoms with Crippen LogP contribution >= 0.6 is 0 Å². The first-order valence-corrected chi connectivity index (χ1v) is 9.87. The Bertz CT molecular complexity index is 914. The fraction of sp³-hybridized carbons (Fsp3) is 0.318. The van der Waals surface area contributed by atoms with Gasteiger partial charge in [-0.05, 0) is 30.5 Å². The van der Waals surface area contributed by atoms with E-state index in [1.54, 1.807) is 29.4 Å². The van der Waals surface area contributed by atoms with E-state index >= 15 is 0 Å². The van der Waals surface area contributed by atoms with Crippen LogP contribution in [0.4, 0.5) is 0 Å². The van der Waals surface area contributed by atoms with E-state index in [2.05, 4.69) is 15.3 Å². The second-order valence-electron chi connectivity index (χ2n) is 7.26. The molecule has 1 aliphatic rings. The van der Waals surface area contributed by atoms with Gasteiger partial charge in [0.2, 0.25) is 5.91 Å². The van der Waals surface area contributed by atoms with Crippen LogP contribution in [0.5, 0.6) is 0 Å². The predicted octanol–water partition coefficient (Wildman–Crippen LogP) is 2.96. The summed E-state index contributed by atoms with van der Waals surface area (Å²) in [5, 5.41) is 3.19. The zero-order chi connectivity index (χ0) is 20.1. The third-order valence-corrected chi connectivity index (χ3v) is 5.36. The largest absolute Gasteiger partial charge is 0.459 e. The van der Waals surface area contributed by atoms with Crippen LogP contribution in [0.3, 0.4) is 0 Å². The molecule has 150 valence electrons. The lowest BCUT2D eigenvalue weighted by Gasteiger charge is -2.31. The van der Waals surface area contributed by atoms with Gasteiger partial charge < -0.3 is 19.6 Å². The number of carbonyl (C=O) groups is 2. The van der Waals surface area contributed by atoms with Crippen molar-refractivity contribution in [3.05, 3.63) is 78.3 Å². The Kier molecular flexibility index (Phi) is 5.74. The number of hydrogen-bond donors (Lipinski definition) is 2. The standard InChI is InChI=1S/C22H24N4O3/c27-21(17-8-12-26(13-9-17)22(28)19-7-4-14-29-19)25-18(15-20-23-10-11-24-20)16-5-2-1-3-6-16/h1-7,10-11,14,17-18H,8-9,12-13,15H2,(H,23,24)(H,25,27). The maximum Gasteiger partial charge on any atom is 0.289 e. The number of hydrogen-bond acceptors (Lipinski definition) is 4. The minimum Gasteiger partial charge on any atom is -0.459 e. The smallest absolute Gasteiger partial charge is 0.289 e. The SMILES string of the molecule is O=C(NC(Cc1ncc[nH]1)c1ccccc1)C1CCN(C(=O)c2ccco2)CC1. The molecule has 7 heteroatoms. The van der Waals surface area contributed by atoms with Crippen LogP contribution in [0.25, 0.3) is 0 Å². The third kappa shape index (κ3) is 4.56. The average molecular weight is 392 g/mol. The molecule has 0 spiro atoms. The summed E-state index contributed by atoms with van der Waals surface area (Å²) in [7, 11) is 0. The summed E-state index contributed by atoms with van der Waals surface area (Å²) in [5.41, 5.74) is 1.04. The Hall–Kier alpha value is -3.35. The van der Waals surface area contributed by atoms with Crippen molar-refractivity contribution < 1.29 is 14.0 Å². The summed E-state index contributed by atoms with van der Waals surface area (Å²) >= 11 is 0. The molecule has 0 bridgehead atoms. The van der Waals surface area contributed by atoms with Gasteiger partial charge >= 0.3 is 0 Å². The zero-order valence-electron chi connectivity index (χ0n) is 16.1. The van der Waals surface area contributed by atoms with Crippen molar-refractivity contribution in [3.8, 4) is 0 Å². The van der Waals surface area contributed by atoms with Crippen molar-refractivity contribution in [2.45, 2.75) is 25.3 Å². The molecule has 1 atom stereocenters. The summed E-state index contributed by atoms with van der Waals surface area (Å²) in [6.45, 7) is 1.09. The van der Waals surface area contributed by atoms with E-state index in [1.807, 2.05) is 30.3 Å². The molecule has 0 saturated carbocycles. The first kappa shape index (κ1) is 19.0. The lowest BCUT2D eigenvalue weighted by atomic mass is 9.94. The van der Waals surface area contributed by atoms with Gasteiger partial charge in [-0.1, -0.05) is 30.3 Å². The maximum atomic E-state index is 13.0. The molecule has 1 saturated heterocycles. The van der Waals surface area contributed by atoms with Crippen LogP contribution in [0, 0.1) is 5.92 Å². The lowest BCUT2D eigenvalue weighted by Crippen LogP contribution is -2.44. The number of amides is 2. The van der Waals surface area contributed by atoms with E-state index in [0.29, 0.717) is 38.1 Å². The molecule has 0 radical (unpaired) electrons. The molecule has 1 unspecified atom stereocenters. The van der Waals surface area contributed by atoms with Crippen molar-refractivity contribution in [1.82, 2.24) is 20.2 Å². The van der Waals surface area contributed by atoms with E-state index < -0.39 is 0 Å². The number of nitrogens with zero attached hydrogens (tertiary/aromatic N) is 2. The number of nitrogens with one attached hydrogen (secondary N) is 2. The fourth-order valence-electron chi connectivity index (χ4n) is 3.73. The number of benzene rings is 1. The first-order chi connectivity index (χ1) is 14.2. The van der Waals surface area contributed by atoms with Gasteiger partial charge in [-0.2, -0.15) is 0 Å². The van der Waals surface area contributed by atoms with E-state index in [4.69, 9.17) is 4.42 Å². The maximum absolute atomic E-state index is 13.0. The number of carbonyl (C=O) groups excluding carboxylic acids is 2. The van der Waals surface area contributed by atoms with Gasteiger partial charge in [0.1, 0.15) is 5.82 Å². The Labute approximate surface area is 169 Å². The van der Waals surface area contributed by atoms with Gasteiger partial charge in [-0.15, -0.1) is 0 Å². The molecular weight excluding hydrogens is 368 g/mol.